The van der Waals surface area contributed by atoms with Crippen molar-refractivity contribution < 1.29 is 4.90 Å². The van der Waals surface area contributed by atoms with Gasteiger partial charge in [-0.3, -0.25) is 0 Å². The van der Waals surface area contributed by atoms with Gasteiger partial charge in [0.15, 0.2) is 0 Å². The Balaban J connectivity index is 2.43. The third-order valence-corrected chi connectivity index (χ3v) is 4.79. The number of allylic oxidation sites excluding steroid dienone is 2. The van der Waals surface area contributed by atoms with Crippen LogP contribution in [0.3, 0.4) is 0 Å². The van der Waals surface area contributed by atoms with Crippen LogP contribution in [0.15, 0.2) is 22.0 Å². The standard InChI is InChI=1S/C14H19N5S/c1-9(2)19-5-3-14(4-6-19)10(7-15)12(17)18-13(20)11(14)8-16/h9,18,20H,3-6,17H2,1-2H3. The average molecular weight is 289 g/mol. The lowest BCUT2D eigenvalue weighted by Crippen LogP contribution is -3.16. The van der Waals surface area contributed by atoms with Gasteiger partial charge < -0.3 is 28.6 Å². The van der Waals surface area contributed by atoms with E-state index >= 15 is 0 Å². The van der Waals surface area contributed by atoms with E-state index in [9.17, 15) is 10.5 Å². The summed E-state index contributed by atoms with van der Waals surface area (Å²) in [5.41, 5.74) is 6.33. The van der Waals surface area contributed by atoms with Gasteiger partial charge in [0.25, 0.3) is 0 Å². The molecule has 106 valence electrons. The van der Waals surface area contributed by atoms with Gasteiger partial charge in [-0.1, -0.05) is 5.03 Å². The molecule has 0 radical (unpaired) electrons. The molecule has 2 aliphatic rings. The van der Waals surface area contributed by atoms with Crippen molar-refractivity contribution in [2.24, 2.45) is 11.1 Å². The van der Waals surface area contributed by atoms with Gasteiger partial charge >= 0.3 is 0 Å². The summed E-state index contributed by atoms with van der Waals surface area (Å²) in [6.45, 7) is 6.21. The summed E-state index contributed by atoms with van der Waals surface area (Å²) in [4.78, 5) is 1.49. The highest BCUT2D eigenvalue weighted by Crippen LogP contribution is 2.46. The number of rotatable bonds is 1. The summed E-state index contributed by atoms with van der Waals surface area (Å²) in [5.74, 6) is 0.310. The molecule has 6 heteroatoms. The molecule has 0 aliphatic carbocycles. The quantitative estimate of drug-likeness (QED) is 0.574. The first-order valence-corrected chi connectivity index (χ1v) is 7.21. The smallest absolute Gasteiger partial charge is 0.114 e. The van der Waals surface area contributed by atoms with Crippen LogP contribution in [-0.4, -0.2) is 19.1 Å². The van der Waals surface area contributed by atoms with Crippen LogP contribution in [0.2, 0.25) is 0 Å². The Labute approximate surface area is 125 Å². The van der Waals surface area contributed by atoms with E-state index in [1.165, 1.54) is 4.90 Å². The number of nitrogens with zero attached hydrogens (tertiary/aromatic N) is 2. The predicted molar refractivity (Wildman–Crippen MR) is 77.5 cm³/mol. The number of dihydropyridines is 1. The van der Waals surface area contributed by atoms with E-state index in [-0.39, 0.29) is 0 Å². The molecule has 0 aromatic heterocycles. The fourth-order valence-electron chi connectivity index (χ4n) is 3.25. The molecule has 4 N–H and O–H groups in total. The second-order valence-corrected chi connectivity index (χ2v) is 6.14. The van der Waals surface area contributed by atoms with E-state index in [2.05, 4.69) is 31.3 Å². The Hall–Kier alpha value is -1.76. The summed E-state index contributed by atoms with van der Waals surface area (Å²) in [5, 5.41) is 22.1. The molecule has 0 atom stereocenters. The predicted octanol–water partition coefficient (Wildman–Crippen LogP) is -0.361. The number of quaternary nitrogens is 1. The van der Waals surface area contributed by atoms with Crippen molar-refractivity contribution in [2.75, 3.05) is 13.1 Å². The van der Waals surface area contributed by atoms with Crippen molar-refractivity contribution in [1.82, 2.24) is 5.32 Å². The van der Waals surface area contributed by atoms with E-state index in [4.69, 9.17) is 18.4 Å². The Morgan fingerprint density at radius 2 is 1.80 bits per heavy atom. The number of nitriles is 2. The van der Waals surface area contributed by atoms with Gasteiger partial charge in [0.05, 0.1) is 42.3 Å². The van der Waals surface area contributed by atoms with Gasteiger partial charge in [0, 0.05) is 18.4 Å². The van der Waals surface area contributed by atoms with E-state index in [1.54, 1.807) is 0 Å². The number of nitrogens with one attached hydrogen (secondary N) is 2. The minimum absolute atomic E-state index is 0.310. The third-order valence-electron chi connectivity index (χ3n) is 4.49. The van der Waals surface area contributed by atoms with Gasteiger partial charge in [0.2, 0.25) is 0 Å². The van der Waals surface area contributed by atoms with Crippen LogP contribution in [0.4, 0.5) is 0 Å². The van der Waals surface area contributed by atoms with Crippen LogP contribution in [0, 0.1) is 28.1 Å². The summed E-state index contributed by atoms with van der Waals surface area (Å²) in [6.07, 6.45) is 1.49. The maximum Gasteiger partial charge on any atom is 0.114 e. The average Bonchev–Trinajstić information content (AvgIpc) is 2.39. The maximum atomic E-state index is 9.46. The second-order valence-electron chi connectivity index (χ2n) is 5.74. The second kappa shape index (κ2) is 5.32. The van der Waals surface area contributed by atoms with Crippen molar-refractivity contribution in [3.05, 3.63) is 22.0 Å². The molecule has 1 fully saturated rings. The monoisotopic (exact) mass is 289 g/mol. The van der Waals surface area contributed by atoms with Crippen LogP contribution < -0.4 is 16.0 Å². The molecule has 2 rings (SSSR count). The van der Waals surface area contributed by atoms with Gasteiger partial charge in [-0.2, -0.15) is 10.5 Å². The van der Waals surface area contributed by atoms with Crippen LogP contribution in [0.1, 0.15) is 26.7 Å². The molecule has 0 amide bonds. The van der Waals surface area contributed by atoms with E-state index in [1.807, 2.05) is 0 Å². The van der Waals surface area contributed by atoms with Gasteiger partial charge in [-0.15, -0.1) is 0 Å². The number of hydrogen-bond donors (Lipinski definition) is 3. The molecule has 1 saturated heterocycles. The molecule has 0 saturated carbocycles. The third kappa shape index (κ3) is 2.11. The molecular formula is C14H19N5S. The fraction of sp³-hybridized carbons (Fsp3) is 0.571. The first-order valence-electron chi connectivity index (χ1n) is 6.80. The number of piperidine rings is 1. The number of hydrogen-bond acceptors (Lipinski definition) is 5. The molecule has 0 unspecified atom stereocenters. The van der Waals surface area contributed by atoms with Gasteiger partial charge in [-0.05, 0) is 13.8 Å². The van der Waals surface area contributed by atoms with Crippen molar-refractivity contribution in [2.45, 2.75) is 32.7 Å². The lowest BCUT2D eigenvalue weighted by Gasteiger charge is -2.45. The van der Waals surface area contributed by atoms with Crippen LogP contribution in [0.25, 0.3) is 0 Å². The summed E-state index contributed by atoms with van der Waals surface area (Å²) in [7, 11) is 0. The zero-order valence-corrected chi connectivity index (χ0v) is 12.6. The van der Waals surface area contributed by atoms with E-state index < -0.39 is 5.41 Å². The molecule has 0 aromatic rings. The van der Waals surface area contributed by atoms with Crippen molar-refractivity contribution in [3.63, 3.8) is 0 Å². The first kappa shape index (κ1) is 14.6. The number of nitrogens with two attached hydrogens (primary N) is 1. The van der Waals surface area contributed by atoms with Gasteiger partial charge in [0.1, 0.15) is 5.82 Å². The Bertz CT molecular complexity index is 515. The summed E-state index contributed by atoms with van der Waals surface area (Å²) < 4.78 is 0. The van der Waals surface area contributed by atoms with Crippen LogP contribution >= 0.6 is 0 Å². The SMILES string of the molecule is CC(C)[NH+]1CCC2(CC1)C(C#N)=C(N)NC([S-])=C2C#N. The zero-order chi connectivity index (χ0) is 14.9. The lowest BCUT2D eigenvalue weighted by molar-refractivity contribution is -0.928. The highest BCUT2D eigenvalue weighted by atomic mass is 32.1. The molecule has 5 nitrogen and oxygen atoms in total. The highest BCUT2D eigenvalue weighted by Gasteiger charge is 2.47. The van der Waals surface area contributed by atoms with Crippen molar-refractivity contribution in [3.8, 4) is 12.1 Å². The zero-order valence-electron chi connectivity index (χ0n) is 11.8. The highest BCUT2D eigenvalue weighted by molar-refractivity contribution is 7.63. The molecular weight excluding hydrogens is 270 g/mol. The minimum Gasteiger partial charge on any atom is -0.761 e. The van der Waals surface area contributed by atoms with Crippen molar-refractivity contribution in [1.29, 1.82) is 10.5 Å². The molecule has 2 heterocycles. The van der Waals surface area contributed by atoms with E-state index in [0.29, 0.717) is 28.0 Å². The van der Waals surface area contributed by atoms with Gasteiger partial charge in [-0.25, -0.2) is 0 Å². The summed E-state index contributed by atoms with van der Waals surface area (Å²) in [6, 6.07) is 4.94. The molecule has 1 spiro atoms. The van der Waals surface area contributed by atoms with Crippen molar-refractivity contribution >= 4 is 12.6 Å². The van der Waals surface area contributed by atoms with Crippen LogP contribution in [0.5, 0.6) is 0 Å². The maximum absolute atomic E-state index is 9.46. The number of likely N-dealkylation sites (tertiary alicyclic amines) is 1. The molecule has 0 bridgehead atoms. The topological polar surface area (TPSA) is 90.1 Å². The first-order chi connectivity index (χ1) is 9.46. The lowest BCUT2D eigenvalue weighted by atomic mass is 9.66. The Morgan fingerprint density at radius 1 is 1.25 bits per heavy atom. The Kier molecular flexibility index (Phi) is 3.89. The van der Waals surface area contributed by atoms with E-state index in [0.717, 1.165) is 25.9 Å². The fourth-order valence-corrected chi connectivity index (χ4v) is 3.60. The summed E-state index contributed by atoms with van der Waals surface area (Å²) >= 11 is 5.24. The Morgan fingerprint density at radius 3 is 2.25 bits per heavy atom. The molecule has 2 aliphatic heterocycles. The molecule has 20 heavy (non-hydrogen) atoms. The largest absolute Gasteiger partial charge is 0.761 e. The van der Waals surface area contributed by atoms with Crippen LogP contribution in [-0.2, 0) is 12.6 Å². The molecule has 0 aromatic carbocycles. The normalized spacial score (nSPS) is 30.1. The minimum atomic E-state index is -0.575.